The number of ether oxygens (including phenoxy) is 1. The van der Waals surface area contributed by atoms with Gasteiger partial charge in [0.2, 0.25) is 0 Å². The fourth-order valence-electron chi connectivity index (χ4n) is 3.68. The number of methoxy groups -OCH3 is 1. The molecule has 0 bridgehead atoms. The quantitative estimate of drug-likeness (QED) is 0.367. The van der Waals surface area contributed by atoms with E-state index in [4.69, 9.17) is 4.74 Å². The van der Waals surface area contributed by atoms with Crippen molar-refractivity contribution in [3.05, 3.63) is 82.2 Å². The van der Waals surface area contributed by atoms with E-state index in [0.29, 0.717) is 16.1 Å². The maximum Gasteiger partial charge on any atom is 0.279 e. The molecule has 35 heavy (non-hydrogen) atoms. The summed E-state index contributed by atoms with van der Waals surface area (Å²) in [7, 11) is -2.31. The first-order valence-corrected chi connectivity index (χ1v) is 13.5. The number of hydrogen-bond acceptors (Lipinski definition) is 5. The minimum atomic E-state index is -3.83. The van der Waals surface area contributed by atoms with Gasteiger partial charge in [0.25, 0.3) is 15.9 Å². The number of benzene rings is 3. The molecule has 0 aliphatic heterocycles. The van der Waals surface area contributed by atoms with E-state index in [1.807, 2.05) is 0 Å². The van der Waals surface area contributed by atoms with Gasteiger partial charge in [0.05, 0.1) is 22.2 Å². The highest BCUT2D eigenvalue weighted by atomic mass is 32.2. The van der Waals surface area contributed by atoms with Gasteiger partial charge >= 0.3 is 0 Å². The van der Waals surface area contributed by atoms with Crippen molar-refractivity contribution in [1.29, 1.82) is 0 Å². The molecule has 0 aliphatic carbocycles. The Bertz CT molecular complexity index is 1570. The number of hydrogen-bond donors (Lipinski definition) is 1. The van der Waals surface area contributed by atoms with Crippen molar-refractivity contribution in [3.63, 3.8) is 0 Å². The molecule has 0 spiro atoms. The average molecular weight is 510 g/mol. The summed E-state index contributed by atoms with van der Waals surface area (Å²) in [5, 5.41) is 0. The van der Waals surface area contributed by atoms with E-state index in [1.165, 1.54) is 47.8 Å². The van der Waals surface area contributed by atoms with E-state index in [0.717, 1.165) is 23.2 Å². The van der Waals surface area contributed by atoms with Crippen LogP contribution in [-0.2, 0) is 16.6 Å². The molecule has 0 fully saturated rings. The largest absolute Gasteiger partial charge is 0.497 e. The summed E-state index contributed by atoms with van der Waals surface area (Å²) < 4.78 is 36.3. The first-order valence-electron chi connectivity index (χ1n) is 11.2. The van der Waals surface area contributed by atoms with Crippen molar-refractivity contribution in [3.8, 4) is 5.75 Å². The summed E-state index contributed by atoms with van der Waals surface area (Å²) in [5.74, 6) is 0.130. The van der Waals surface area contributed by atoms with E-state index in [1.54, 1.807) is 30.3 Å². The second kappa shape index (κ2) is 10.1. The summed E-state index contributed by atoms with van der Waals surface area (Å²) in [6.07, 6.45) is 0.906. The number of nitrogens with zero attached hydrogens (tertiary/aromatic N) is 2. The SMILES string of the molecule is CCCn1c(=NC(=O)c2cccc(NS(=O)(=O)c3ccc(OC)cc3)c2)sc2cc(C)c(C)cc21. The maximum atomic E-state index is 13.1. The number of amides is 1. The molecule has 7 nitrogen and oxygen atoms in total. The van der Waals surface area contributed by atoms with Crippen LogP contribution >= 0.6 is 11.3 Å². The van der Waals surface area contributed by atoms with Crippen LogP contribution in [0.1, 0.15) is 34.8 Å². The van der Waals surface area contributed by atoms with Gasteiger partial charge in [-0.1, -0.05) is 24.3 Å². The maximum absolute atomic E-state index is 13.1. The van der Waals surface area contributed by atoms with Crippen LogP contribution in [0, 0.1) is 13.8 Å². The zero-order valence-corrected chi connectivity index (χ0v) is 21.7. The first-order chi connectivity index (χ1) is 16.7. The van der Waals surface area contributed by atoms with Crippen LogP contribution in [0.3, 0.4) is 0 Å². The molecule has 0 saturated heterocycles. The minimum absolute atomic E-state index is 0.0937. The van der Waals surface area contributed by atoms with Crippen molar-refractivity contribution < 1.29 is 17.9 Å². The Balaban J connectivity index is 1.66. The molecule has 0 saturated carbocycles. The molecule has 1 heterocycles. The number of nitrogens with one attached hydrogen (secondary N) is 1. The number of fused-ring (bicyclic) bond motifs is 1. The van der Waals surface area contributed by atoms with Crippen molar-refractivity contribution >= 4 is 43.2 Å². The average Bonchev–Trinajstić information content (AvgIpc) is 3.15. The number of aromatic nitrogens is 1. The predicted molar refractivity (Wildman–Crippen MR) is 140 cm³/mol. The number of aryl methyl sites for hydroxylation is 3. The van der Waals surface area contributed by atoms with E-state index >= 15 is 0 Å². The number of carbonyl (C=O) groups is 1. The zero-order valence-electron chi connectivity index (χ0n) is 20.0. The normalized spacial score (nSPS) is 12.2. The second-order valence-corrected chi connectivity index (χ2v) is 10.9. The van der Waals surface area contributed by atoms with Gasteiger partial charge in [-0.2, -0.15) is 4.99 Å². The van der Waals surface area contributed by atoms with Crippen molar-refractivity contribution in [1.82, 2.24) is 4.57 Å². The van der Waals surface area contributed by atoms with E-state index in [-0.39, 0.29) is 10.6 Å². The first kappa shape index (κ1) is 24.7. The Morgan fingerprint density at radius 3 is 2.46 bits per heavy atom. The monoisotopic (exact) mass is 509 g/mol. The summed E-state index contributed by atoms with van der Waals surface area (Å²) >= 11 is 1.48. The lowest BCUT2D eigenvalue weighted by atomic mass is 10.1. The molecule has 1 N–H and O–H groups in total. The molecule has 0 unspecified atom stereocenters. The van der Waals surface area contributed by atoms with Crippen molar-refractivity contribution in [2.75, 3.05) is 11.8 Å². The van der Waals surface area contributed by atoms with Crippen LogP contribution in [0.4, 0.5) is 5.69 Å². The Kier molecular flexibility index (Phi) is 7.09. The summed E-state index contributed by atoms with van der Waals surface area (Å²) in [5.41, 5.74) is 4.03. The molecule has 4 rings (SSSR count). The molecule has 0 radical (unpaired) electrons. The summed E-state index contributed by atoms with van der Waals surface area (Å²) in [4.78, 5) is 18.2. The van der Waals surface area contributed by atoms with Gasteiger partial charge in [-0.25, -0.2) is 8.42 Å². The van der Waals surface area contributed by atoms with E-state index in [9.17, 15) is 13.2 Å². The molecule has 182 valence electrons. The van der Waals surface area contributed by atoms with Gasteiger partial charge in [-0.05, 0) is 86.0 Å². The Morgan fingerprint density at radius 1 is 1.06 bits per heavy atom. The lowest BCUT2D eigenvalue weighted by molar-refractivity contribution is 0.0998. The molecule has 3 aromatic carbocycles. The lowest BCUT2D eigenvalue weighted by Gasteiger charge is -2.09. The molecule has 1 amide bonds. The Hall–Kier alpha value is -3.43. The van der Waals surface area contributed by atoms with Gasteiger partial charge in [0.1, 0.15) is 5.75 Å². The standard InChI is InChI=1S/C26H27N3O4S2/c1-5-13-29-23-14-17(2)18(3)15-24(23)34-26(29)27-25(30)19-7-6-8-20(16-19)28-35(31,32)22-11-9-21(33-4)10-12-22/h6-12,14-16,28H,5,13H2,1-4H3. The van der Waals surface area contributed by atoms with Crippen LogP contribution in [0.15, 0.2) is 70.6 Å². The molecule has 1 aromatic heterocycles. The number of thiazole rings is 1. The molecular weight excluding hydrogens is 482 g/mol. The lowest BCUT2D eigenvalue weighted by Crippen LogP contribution is -2.17. The fourth-order valence-corrected chi connectivity index (χ4v) is 5.87. The highest BCUT2D eigenvalue weighted by molar-refractivity contribution is 7.92. The third kappa shape index (κ3) is 5.31. The van der Waals surface area contributed by atoms with E-state index in [2.05, 4.69) is 47.2 Å². The molecule has 9 heteroatoms. The van der Waals surface area contributed by atoms with Crippen molar-refractivity contribution in [2.45, 2.75) is 38.6 Å². The van der Waals surface area contributed by atoms with Crippen LogP contribution < -0.4 is 14.3 Å². The predicted octanol–water partition coefficient (Wildman–Crippen LogP) is 5.28. The third-order valence-corrected chi connectivity index (χ3v) is 8.11. The van der Waals surface area contributed by atoms with Gasteiger partial charge < -0.3 is 9.30 Å². The van der Waals surface area contributed by atoms with Gasteiger partial charge in [0.15, 0.2) is 4.80 Å². The summed E-state index contributed by atoms with van der Waals surface area (Å²) in [6.45, 7) is 6.97. The van der Waals surface area contributed by atoms with Crippen LogP contribution in [0.25, 0.3) is 10.2 Å². The van der Waals surface area contributed by atoms with Gasteiger partial charge in [-0.15, -0.1) is 0 Å². The highest BCUT2D eigenvalue weighted by Gasteiger charge is 2.16. The number of anilines is 1. The van der Waals surface area contributed by atoms with Gasteiger partial charge in [-0.3, -0.25) is 9.52 Å². The number of sulfonamides is 1. The Labute approximate surface area is 208 Å². The van der Waals surface area contributed by atoms with E-state index < -0.39 is 15.9 Å². The number of carbonyl (C=O) groups excluding carboxylic acids is 1. The smallest absolute Gasteiger partial charge is 0.279 e. The van der Waals surface area contributed by atoms with Crippen LogP contribution in [-0.4, -0.2) is 26.0 Å². The highest BCUT2D eigenvalue weighted by Crippen LogP contribution is 2.23. The molecule has 0 atom stereocenters. The molecular formula is C26H27N3O4S2. The van der Waals surface area contributed by atoms with Crippen LogP contribution in [0.2, 0.25) is 0 Å². The number of rotatable bonds is 7. The minimum Gasteiger partial charge on any atom is -0.497 e. The summed E-state index contributed by atoms with van der Waals surface area (Å²) in [6, 6.07) is 16.7. The second-order valence-electron chi connectivity index (χ2n) is 8.22. The Morgan fingerprint density at radius 2 is 1.77 bits per heavy atom. The van der Waals surface area contributed by atoms with Crippen LogP contribution in [0.5, 0.6) is 5.75 Å². The molecule has 0 aliphatic rings. The van der Waals surface area contributed by atoms with Crippen molar-refractivity contribution in [2.24, 2.45) is 4.99 Å². The topological polar surface area (TPSA) is 89.8 Å². The molecule has 4 aromatic rings. The fraction of sp³-hybridized carbons (Fsp3) is 0.231. The zero-order chi connectivity index (χ0) is 25.2. The van der Waals surface area contributed by atoms with Gasteiger partial charge in [0, 0.05) is 17.8 Å². The third-order valence-electron chi connectivity index (χ3n) is 5.67.